The first-order chi connectivity index (χ1) is 10.1. The molecule has 2 N–H and O–H groups in total. The predicted molar refractivity (Wildman–Crippen MR) is 80.3 cm³/mol. The molecule has 0 fully saturated rings. The first-order valence-electron chi connectivity index (χ1n) is 6.65. The molecule has 0 bridgehead atoms. The monoisotopic (exact) mass is 287 g/mol. The lowest BCUT2D eigenvalue weighted by Crippen LogP contribution is -2.32. The molecular formula is C15H17N3O3. The number of carbonyl (C=O) groups excluding carboxylic acids is 1. The van der Waals surface area contributed by atoms with Crippen molar-refractivity contribution in [1.82, 2.24) is 9.88 Å². The fourth-order valence-electron chi connectivity index (χ4n) is 1.99. The van der Waals surface area contributed by atoms with E-state index >= 15 is 0 Å². The molecule has 0 unspecified atom stereocenters. The minimum Gasteiger partial charge on any atom is -0.481 e. The van der Waals surface area contributed by atoms with Crippen LogP contribution in [-0.4, -0.2) is 40.6 Å². The highest BCUT2D eigenvalue weighted by Crippen LogP contribution is 2.21. The molecular weight excluding hydrogens is 270 g/mol. The lowest BCUT2D eigenvalue weighted by molar-refractivity contribution is -0.137. The molecule has 2 aromatic rings. The first kappa shape index (κ1) is 14.8. The van der Waals surface area contributed by atoms with Gasteiger partial charge in [-0.1, -0.05) is 6.07 Å². The highest BCUT2D eigenvalue weighted by atomic mass is 16.4. The zero-order valence-corrected chi connectivity index (χ0v) is 11.7. The molecule has 0 aliphatic heterocycles. The Kier molecular flexibility index (Phi) is 4.71. The lowest BCUT2D eigenvalue weighted by atomic mass is 10.2. The molecule has 110 valence electrons. The zero-order chi connectivity index (χ0) is 15.2. The van der Waals surface area contributed by atoms with E-state index in [0.717, 1.165) is 10.9 Å². The van der Waals surface area contributed by atoms with Crippen LogP contribution in [0.1, 0.15) is 12.8 Å². The van der Waals surface area contributed by atoms with Crippen molar-refractivity contribution in [2.75, 3.05) is 18.9 Å². The average Bonchev–Trinajstić information content (AvgIpc) is 2.47. The molecule has 2 amide bonds. The highest BCUT2D eigenvalue weighted by Gasteiger charge is 2.11. The van der Waals surface area contributed by atoms with Gasteiger partial charge in [0, 0.05) is 31.6 Å². The minimum atomic E-state index is -0.857. The number of hydrogen-bond donors (Lipinski definition) is 2. The van der Waals surface area contributed by atoms with E-state index in [1.54, 1.807) is 13.2 Å². The summed E-state index contributed by atoms with van der Waals surface area (Å²) >= 11 is 0. The molecule has 1 aromatic heterocycles. The van der Waals surface area contributed by atoms with Crippen molar-refractivity contribution < 1.29 is 14.7 Å². The van der Waals surface area contributed by atoms with Crippen LogP contribution in [0.4, 0.5) is 10.5 Å². The van der Waals surface area contributed by atoms with Crippen molar-refractivity contribution >= 4 is 28.6 Å². The highest BCUT2D eigenvalue weighted by molar-refractivity contribution is 6.00. The summed E-state index contributed by atoms with van der Waals surface area (Å²) in [5, 5.41) is 12.3. The van der Waals surface area contributed by atoms with E-state index in [1.165, 1.54) is 4.90 Å². The number of aromatic nitrogens is 1. The quantitative estimate of drug-likeness (QED) is 0.885. The summed E-state index contributed by atoms with van der Waals surface area (Å²) in [6.07, 6.45) is 2.18. The summed E-state index contributed by atoms with van der Waals surface area (Å²) in [7, 11) is 1.64. The van der Waals surface area contributed by atoms with Crippen molar-refractivity contribution in [3.8, 4) is 0 Å². The number of pyridine rings is 1. The van der Waals surface area contributed by atoms with Gasteiger partial charge in [0.15, 0.2) is 0 Å². The fraction of sp³-hybridized carbons (Fsp3) is 0.267. The molecule has 0 saturated heterocycles. The Morgan fingerprint density at radius 2 is 2.10 bits per heavy atom. The van der Waals surface area contributed by atoms with Gasteiger partial charge in [-0.15, -0.1) is 0 Å². The van der Waals surface area contributed by atoms with E-state index in [-0.39, 0.29) is 12.5 Å². The second kappa shape index (κ2) is 6.69. The summed E-state index contributed by atoms with van der Waals surface area (Å²) in [5.74, 6) is -0.857. The fourth-order valence-corrected chi connectivity index (χ4v) is 1.99. The zero-order valence-electron chi connectivity index (χ0n) is 11.7. The number of benzene rings is 1. The molecule has 6 heteroatoms. The van der Waals surface area contributed by atoms with Crippen LogP contribution in [0.5, 0.6) is 0 Å². The van der Waals surface area contributed by atoms with Gasteiger partial charge in [-0.3, -0.25) is 9.78 Å². The maximum absolute atomic E-state index is 12.1. The number of hydrogen-bond acceptors (Lipinski definition) is 3. The van der Waals surface area contributed by atoms with E-state index < -0.39 is 5.97 Å². The number of carboxylic acid groups (broad SMARTS) is 1. The molecule has 0 spiro atoms. The van der Waals surface area contributed by atoms with Gasteiger partial charge in [-0.05, 0) is 30.7 Å². The van der Waals surface area contributed by atoms with Gasteiger partial charge in [0.05, 0.1) is 11.2 Å². The summed E-state index contributed by atoms with van der Waals surface area (Å²) in [6, 6.07) is 8.96. The number of amides is 2. The summed E-state index contributed by atoms with van der Waals surface area (Å²) in [4.78, 5) is 28.2. The van der Waals surface area contributed by atoms with Gasteiger partial charge in [0.1, 0.15) is 0 Å². The predicted octanol–water partition coefficient (Wildman–Crippen LogP) is 2.56. The van der Waals surface area contributed by atoms with Crippen molar-refractivity contribution in [3.05, 3.63) is 36.5 Å². The Morgan fingerprint density at radius 3 is 2.86 bits per heavy atom. The van der Waals surface area contributed by atoms with Crippen LogP contribution < -0.4 is 5.32 Å². The summed E-state index contributed by atoms with van der Waals surface area (Å²) in [5.41, 5.74) is 1.50. The van der Waals surface area contributed by atoms with Crippen molar-refractivity contribution in [3.63, 3.8) is 0 Å². The van der Waals surface area contributed by atoms with E-state index in [2.05, 4.69) is 10.3 Å². The number of nitrogens with zero attached hydrogens (tertiary/aromatic N) is 2. The molecule has 6 nitrogen and oxygen atoms in total. The van der Waals surface area contributed by atoms with Crippen LogP contribution >= 0.6 is 0 Å². The van der Waals surface area contributed by atoms with Gasteiger partial charge in [-0.25, -0.2) is 4.79 Å². The molecule has 0 atom stereocenters. The largest absolute Gasteiger partial charge is 0.481 e. The van der Waals surface area contributed by atoms with Gasteiger partial charge < -0.3 is 15.3 Å². The van der Waals surface area contributed by atoms with E-state index in [0.29, 0.717) is 18.7 Å². The Bertz CT molecular complexity index is 652. The number of rotatable bonds is 5. The normalized spacial score (nSPS) is 10.3. The maximum atomic E-state index is 12.1. The van der Waals surface area contributed by atoms with Crippen molar-refractivity contribution in [1.29, 1.82) is 0 Å². The molecule has 21 heavy (non-hydrogen) atoms. The Hall–Kier alpha value is -2.63. The third-order valence-corrected chi connectivity index (χ3v) is 3.12. The second-order valence-electron chi connectivity index (χ2n) is 4.72. The third-order valence-electron chi connectivity index (χ3n) is 3.12. The number of fused-ring (bicyclic) bond motifs is 1. The number of urea groups is 1. The smallest absolute Gasteiger partial charge is 0.321 e. The molecule has 1 heterocycles. The lowest BCUT2D eigenvalue weighted by Gasteiger charge is -2.18. The molecule has 2 rings (SSSR count). The number of anilines is 1. The van der Waals surface area contributed by atoms with Gasteiger partial charge >= 0.3 is 12.0 Å². The Labute approximate surface area is 122 Å². The molecule has 0 aliphatic carbocycles. The summed E-state index contributed by atoms with van der Waals surface area (Å²) in [6.45, 7) is 0.390. The van der Waals surface area contributed by atoms with Crippen molar-refractivity contribution in [2.45, 2.75) is 12.8 Å². The van der Waals surface area contributed by atoms with Crippen molar-refractivity contribution in [2.24, 2.45) is 0 Å². The number of nitrogens with one attached hydrogen (secondary N) is 1. The van der Waals surface area contributed by atoms with Gasteiger partial charge in [0.2, 0.25) is 0 Å². The number of aliphatic carboxylic acids is 1. The Morgan fingerprint density at radius 1 is 1.29 bits per heavy atom. The molecule has 1 aromatic carbocycles. The van der Waals surface area contributed by atoms with Crippen LogP contribution in [0.25, 0.3) is 10.9 Å². The number of carbonyl (C=O) groups is 2. The van der Waals surface area contributed by atoms with E-state index in [1.807, 2.05) is 30.3 Å². The SMILES string of the molecule is CN(CCCC(=O)O)C(=O)Nc1cccc2ncccc12. The Balaban J connectivity index is 2.02. The topological polar surface area (TPSA) is 82.5 Å². The van der Waals surface area contributed by atoms with Crippen LogP contribution in [0.2, 0.25) is 0 Å². The van der Waals surface area contributed by atoms with Crippen LogP contribution in [0, 0.1) is 0 Å². The first-order valence-corrected chi connectivity index (χ1v) is 6.65. The van der Waals surface area contributed by atoms with Crippen LogP contribution in [-0.2, 0) is 4.79 Å². The van der Waals surface area contributed by atoms with E-state index in [9.17, 15) is 9.59 Å². The standard InChI is InChI=1S/C15H17N3O3/c1-18(10-4-8-14(19)20)15(21)17-13-7-2-6-12-11(13)5-3-9-16-12/h2-3,5-7,9H,4,8,10H2,1H3,(H,17,21)(H,19,20). The minimum absolute atomic E-state index is 0.0514. The van der Waals surface area contributed by atoms with Crippen LogP contribution in [0.15, 0.2) is 36.5 Å². The summed E-state index contributed by atoms with van der Waals surface area (Å²) < 4.78 is 0. The third kappa shape index (κ3) is 3.92. The molecule has 0 aliphatic rings. The second-order valence-corrected chi connectivity index (χ2v) is 4.72. The maximum Gasteiger partial charge on any atom is 0.321 e. The number of carboxylic acids is 1. The van der Waals surface area contributed by atoms with Crippen LogP contribution in [0.3, 0.4) is 0 Å². The van der Waals surface area contributed by atoms with E-state index in [4.69, 9.17) is 5.11 Å². The molecule has 0 radical (unpaired) electrons. The van der Waals surface area contributed by atoms with Gasteiger partial charge in [0.25, 0.3) is 0 Å². The molecule has 0 saturated carbocycles. The average molecular weight is 287 g/mol. The van der Waals surface area contributed by atoms with Gasteiger partial charge in [-0.2, -0.15) is 0 Å².